The number of rotatable bonds is 8. The summed E-state index contributed by atoms with van der Waals surface area (Å²) in [5.74, 6) is -0.735. The molecule has 2 aliphatic rings. The van der Waals surface area contributed by atoms with Crippen LogP contribution >= 0.6 is 11.6 Å². The summed E-state index contributed by atoms with van der Waals surface area (Å²) in [6, 6.07) is 6.63. The van der Waals surface area contributed by atoms with Crippen LogP contribution < -0.4 is 5.32 Å². The van der Waals surface area contributed by atoms with Crippen LogP contribution in [0.1, 0.15) is 61.6 Å². The van der Waals surface area contributed by atoms with Crippen molar-refractivity contribution >= 4 is 40.2 Å². The first-order valence-corrected chi connectivity index (χ1v) is 13.8. The van der Waals surface area contributed by atoms with Crippen LogP contribution in [0.2, 0.25) is 5.02 Å². The average Bonchev–Trinajstić information content (AvgIpc) is 3.69. The maximum atomic E-state index is 14.5. The Morgan fingerprint density at radius 1 is 1.25 bits per heavy atom. The van der Waals surface area contributed by atoms with Crippen LogP contribution in [0.3, 0.4) is 0 Å². The summed E-state index contributed by atoms with van der Waals surface area (Å²) in [6.07, 6.45) is 8.25. The Kier molecular flexibility index (Phi) is 7.94. The van der Waals surface area contributed by atoms with E-state index in [0.29, 0.717) is 53.0 Å². The molecule has 8 nitrogen and oxygen atoms in total. The number of carbonyl (C=O) groups excluding carboxylic acids is 2. The third kappa shape index (κ3) is 6.88. The Morgan fingerprint density at radius 3 is 2.75 bits per heavy atom. The molecular weight excluding hydrogens is 533 g/mol. The second kappa shape index (κ2) is 11.4. The highest BCUT2D eigenvalue weighted by atomic mass is 35.5. The van der Waals surface area contributed by atoms with E-state index in [4.69, 9.17) is 21.3 Å². The summed E-state index contributed by atoms with van der Waals surface area (Å²) in [6.45, 7) is 6.63. The van der Waals surface area contributed by atoms with Gasteiger partial charge < -0.3 is 15.0 Å². The zero-order valence-corrected chi connectivity index (χ0v) is 23.6. The monoisotopic (exact) mass is 565 g/mol. The number of H-pyrrole nitrogens is 1. The van der Waals surface area contributed by atoms with Crippen molar-refractivity contribution in [2.24, 2.45) is 4.99 Å². The van der Waals surface area contributed by atoms with Gasteiger partial charge in [-0.3, -0.25) is 19.7 Å². The molecule has 0 spiro atoms. The number of nitrogens with zero attached hydrogens (tertiary/aromatic N) is 3. The molecule has 1 aliphatic heterocycles. The predicted octanol–water partition coefficient (Wildman–Crippen LogP) is 6.00. The lowest BCUT2D eigenvalue weighted by Crippen LogP contribution is -2.41. The van der Waals surface area contributed by atoms with Crippen molar-refractivity contribution in [3.8, 4) is 0 Å². The first-order chi connectivity index (χ1) is 19.1. The van der Waals surface area contributed by atoms with Gasteiger partial charge in [-0.1, -0.05) is 17.7 Å². The van der Waals surface area contributed by atoms with Gasteiger partial charge in [0.1, 0.15) is 11.4 Å². The fraction of sp³-hybridized carbons (Fsp3) is 0.400. The standard InChI is InChI=1S/C30H33ClFN5O3/c1-30(2,3)40-29(39)37(23-6-7-23)17-21-5-4-18(14-34-21)10-22-11-19(8-9-33-22)28(38)36-15-20-12-24-25(31)16-35-27(24)13-26(20)32/h4,8-9,11-13,16,23,35H,5-7,10,14-15,17H2,1-3H3,(H,36,38). The van der Waals surface area contributed by atoms with E-state index < -0.39 is 11.4 Å². The van der Waals surface area contributed by atoms with E-state index in [1.807, 2.05) is 20.8 Å². The molecular formula is C30H33ClFN5O3. The predicted molar refractivity (Wildman–Crippen MR) is 153 cm³/mol. The van der Waals surface area contributed by atoms with E-state index in [1.54, 1.807) is 35.5 Å². The number of hydrogen-bond donors (Lipinski definition) is 2. The molecule has 2 amide bonds. The van der Waals surface area contributed by atoms with E-state index >= 15 is 0 Å². The van der Waals surface area contributed by atoms with Gasteiger partial charge in [0.15, 0.2) is 0 Å². The number of aliphatic imine (C=N–C) groups is 1. The van der Waals surface area contributed by atoms with Crippen LogP contribution in [-0.2, 0) is 17.7 Å². The largest absolute Gasteiger partial charge is 0.444 e. The summed E-state index contributed by atoms with van der Waals surface area (Å²) < 4.78 is 20.1. The Labute approximate surface area is 237 Å². The average molecular weight is 566 g/mol. The van der Waals surface area contributed by atoms with E-state index in [0.717, 1.165) is 29.8 Å². The molecule has 40 heavy (non-hydrogen) atoms. The fourth-order valence-electron chi connectivity index (χ4n) is 4.61. The minimum absolute atomic E-state index is 0.0313. The molecule has 0 radical (unpaired) electrons. The zero-order valence-electron chi connectivity index (χ0n) is 22.9. The van der Waals surface area contributed by atoms with E-state index in [2.05, 4.69) is 21.4 Å². The Balaban J connectivity index is 1.16. The third-order valence-corrected chi connectivity index (χ3v) is 7.14. The number of ether oxygens (including phenoxy) is 1. The number of halogens is 2. The maximum absolute atomic E-state index is 14.5. The third-order valence-electron chi connectivity index (χ3n) is 6.83. The van der Waals surface area contributed by atoms with E-state index in [1.165, 1.54) is 6.07 Å². The Hall–Kier alpha value is -3.72. The first kappa shape index (κ1) is 27.8. The molecule has 210 valence electrons. The lowest BCUT2D eigenvalue weighted by Gasteiger charge is -2.28. The summed E-state index contributed by atoms with van der Waals surface area (Å²) in [5, 5.41) is 3.99. The summed E-state index contributed by atoms with van der Waals surface area (Å²) in [5.41, 5.74) is 3.67. The maximum Gasteiger partial charge on any atom is 0.410 e. The number of aromatic amines is 1. The lowest BCUT2D eigenvalue weighted by atomic mass is 10.0. The highest BCUT2D eigenvalue weighted by Crippen LogP contribution is 2.29. The van der Waals surface area contributed by atoms with Gasteiger partial charge in [-0.2, -0.15) is 0 Å². The number of aromatic nitrogens is 2. The number of fused-ring (bicyclic) bond motifs is 1. The van der Waals surface area contributed by atoms with Crippen LogP contribution in [0.25, 0.3) is 10.9 Å². The van der Waals surface area contributed by atoms with Crippen molar-refractivity contribution < 1.29 is 18.7 Å². The molecule has 0 atom stereocenters. The smallest absolute Gasteiger partial charge is 0.410 e. The van der Waals surface area contributed by atoms with Crippen LogP contribution in [0, 0.1) is 5.82 Å². The number of carbonyl (C=O) groups is 2. The highest BCUT2D eigenvalue weighted by molar-refractivity contribution is 6.35. The molecule has 0 saturated heterocycles. The molecule has 0 bridgehead atoms. The molecule has 10 heteroatoms. The number of benzene rings is 1. The molecule has 1 aliphatic carbocycles. The summed E-state index contributed by atoms with van der Waals surface area (Å²) in [7, 11) is 0. The Morgan fingerprint density at radius 2 is 2.05 bits per heavy atom. The number of amides is 2. The normalized spacial score (nSPS) is 15.4. The second-order valence-corrected chi connectivity index (χ2v) is 11.7. The topological polar surface area (TPSA) is 99.7 Å². The molecule has 0 unspecified atom stereocenters. The molecule has 1 saturated carbocycles. The van der Waals surface area contributed by atoms with Gasteiger partial charge in [0.05, 0.1) is 18.1 Å². The van der Waals surface area contributed by atoms with Crippen LogP contribution in [-0.4, -0.2) is 57.3 Å². The van der Waals surface area contributed by atoms with Gasteiger partial charge in [-0.05, 0) is 63.5 Å². The van der Waals surface area contributed by atoms with Gasteiger partial charge in [0, 0.05) is 71.3 Å². The quantitative estimate of drug-likeness (QED) is 0.327. The number of allylic oxidation sites excluding steroid dienone is 1. The molecule has 1 aromatic carbocycles. The number of nitrogens with one attached hydrogen (secondary N) is 2. The molecule has 2 aromatic heterocycles. The fourth-order valence-corrected chi connectivity index (χ4v) is 4.82. The lowest BCUT2D eigenvalue weighted by molar-refractivity contribution is 0.0263. The second-order valence-electron chi connectivity index (χ2n) is 11.3. The van der Waals surface area contributed by atoms with Crippen molar-refractivity contribution in [1.29, 1.82) is 0 Å². The zero-order chi connectivity index (χ0) is 28.4. The highest BCUT2D eigenvalue weighted by Gasteiger charge is 2.36. The first-order valence-electron chi connectivity index (χ1n) is 13.4. The molecule has 5 rings (SSSR count). The summed E-state index contributed by atoms with van der Waals surface area (Å²) in [4.78, 5) is 39.4. The minimum atomic E-state index is -0.536. The van der Waals surface area contributed by atoms with Crippen molar-refractivity contribution in [3.63, 3.8) is 0 Å². The number of hydrogen-bond acceptors (Lipinski definition) is 5. The Bertz CT molecular complexity index is 1500. The summed E-state index contributed by atoms with van der Waals surface area (Å²) >= 11 is 6.15. The molecule has 3 aromatic rings. The van der Waals surface area contributed by atoms with Gasteiger partial charge in [-0.25, -0.2) is 9.18 Å². The molecule has 1 fully saturated rings. The van der Waals surface area contributed by atoms with Crippen LogP contribution in [0.15, 0.2) is 53.3 Å². The molecule has 2 N–H and O–H groups in total. The van der Waals surface area contributed by atoms with Crippen molar-refractivity contribution in [2.75, 3.05) is 13.1 Å². The van der Waals surface area contributed by atoms with Crippen molar-refractivity contribution in [1.82, 2.24) is 20.2 Å². The van der Waals surface area contributed by atoms with Gasteiger partial charge in [0.25, 0.3) is 5.91 Å². The minimum Gasteiger partial charge on any atom is -0.444 e. The van der Waals surface area contributed by atoms with Crippen molar-refractivity contribution in [2.45, 2.75) is 64.6 Å². The van der Waals surface area contributed by atoms with E-state index in [-0.39, 0.29) is 24.6 Å². The SMILES string of the molecule is CC(C)(C)OC(=O)N(CC1=NCC(Cc2cc(C(=O)NCc3cc4c(Cl)c[nH]c4cc3F)ccn2)=CC1)C1CC1. The van der Waals surface area contributed by atoms with Crippen molar-refractivity contribution in [3.05, 3.63) is 76.0 Å². The van der Waals surface area contributed by atoms with Crippen LogP contribution in [0.4, 0.5) is 9.18 Å². The molecule has 3 heterocycles. The van der Waals surface area contributed by atoms with Gasteiger partial charge >= 0.3 is 6.09 Å². The number of pyridine rings is 1. The van der Waals surface area contributed by atoms with Crippen LogP contribution in [0.5, 0.6) is 0 Å². The van der Waals surface area contributed by atoms with E-state index in [9.17, 15) is 14.0 Å². The van der Waals surface area contributed by atoms with Gasteiger partial charge in [-0.15, -0.1) is 0 Å². The number of dihydropyridines is 1. The van der Waals surface area contributed by atoms with Gasteiger partial charge in [0.2, 0.25) is 0 Å².